The Kier molecular flexibility index (Phi) is 5.99. The molecule has 7 N–H and O–H groups in total. The van der Waals surface area contributed by atoms with Crippen molar-refractivity contribution in [1.29, 1.82) is 0 Å². The third-order valence-corrected chi connectivity index (χ3v) is 3.74. The quantitative estimate of drug-likeness (QED) is 0.613. The summed E-state index contributed by atoms with van der Waals surface area (Å²) in [7, 11) is 0. The van der Waals surface area contributed by atoms with E-state index < -0.39 is 5.97 Å². The van der Waals surface area contributed by atoms with Crippen molar-refractivity contribution in [3.8, 4) is 5.75 Å². The maximum Gasteiger partial charge on any atom is 0.339 e. The van der Waals surface area contributed by atoms with Gasteiger partial charge in [0.15, 0.2) is 0 Å². The number of rotatable bonds is 3. The molecule has 0 fully saturated rings. The second-order valence-corrected chi connectivity index (χ2v) is 5.34. The highest BCUT2D eigenvalue weighted by molar-refractivity contribution is 5.94. The molecule has 3 aromatic rings. The van der Waals surface area contributed by atoms with E-state index in [2.05, 4.69) is 15.3 Å². The van der Waals surface area contributed by atoms with E-state index in [4.69, 9.17) is 5.11 Å². The number of benzene rings is 2. The van der Waals surface area contributed by atoms with Crippen LogP contribution in [0, 0.1) is 13.8 Å². The molecule has 0 saturated heterocycles. The summed E-state index contributed by atoms with van der Waals surface area (Å²) < 4.78 is 0. The lowest BCUT2D eigenvalue weighted by Gasteiger charge is -2.11. The Bertz CT molecular complexity index is 928. The number of aromatic carboxylic acids is 1. The van der Waals surface area contributed by atoms with Crippen molar-refractivity contribution in [2.45, 2.75) is 13.8 Å². The first-order valence-electron chi connectivity index (χ1n) is 7.01. The Morgan fingerprint density at radius 2 is 1.72 bits per heavy atom. The normalized spacial score (nSPS) is 9.84. The third kappa shape index (κ3) is 3.82. The average molecular weight is 345 g/mol. The number of carbonyl (C=O) groups is 1. The van der Waals surface area contributed by atoms with Crippen LogP contribution in [0.3, 0.4) is 0 Å². The monoisotopic (exact) mass is 345 g/mol. The molecule has 0 aliphatic carbocycles. The number of carboxylic acid groups (broad SMARTS) is 1. The average Bonchev–Trinajstić information content (AvgIpc) is 2.51. The van der Waals surface area contributed by atoms with Crippen LogP contribution >= 0.6 is 0 Å². The summed E-state index contributed by atoms with van der Waals surface area (Å²) in [5.41, 5.74) is 3.42. The van der Waals surface area contributed by atoms with E-state index in [1.54, 1.807) is 6.07 Å². The van der Waals surface area contributed by atoms with Gasteiger partial charge in [-0.15, -0.1) is 0 Å². The molecular weight excluding hydrogens is 326 g/mol. The van der Waals surface area contributed by atoms with Crippen LogP contribution in [0.2, 0.25) is 0 Å². The van der Waals surface area contributed by atoms with Gasteiger partial charge in [0.05, 0.1) is 5.52 Å². The Balaban J connectivity index is 0.00000156. The van der Waals surface area contributed by atoms with Crippen LogP contribution in [-0.4, -0.2) is 37.1 Å². The van der Waals surface area contributed by atoms with Gasteiger partial charge in [-0.3, -0.25) is 0 Å². The standard InChI is InChI=1S/C17H15N3O3.2H2O/c1-9-5-12-14(6-10(9)2)18-8-19-16(12)20-11-3-4-15(21)13(7-11)17(22)23;;/h3-8,21H,1-2H3,(H,22,23)(H,18,19,20);2*1H2. The molecule has 0 amide bonds. The lowest BCUT2D eigenvalue weighted by Crippen LogP contribution is -2.00. The maximum absolute atomic E-state index is 11.1. The van der Waals surface area contributed by atoms with Crippen LogP contribution in [-0.2, 0) is 0 Å². The van der Waals surface area contributed by atoms with Crippen molar-refractivity contribution in [2.75, 3.05) is 5.32 Å². The Labute approximate surface area is 143 Å². The van der Waals surface area contributed by atoms with E-state index in [-0.39, 0.29) is 22.3 Å². The van der Waals surface area contributed by atoms with Crippen molar-refractivity contribution in [3.05, 3.63) is 53.3 Å². The fourth-order valence-corrected chi connectivity index (χ4v) is 2.34. The zero-order valence-electron chi connectivity index (χ0n) is 13.7. The van der Waals surface area contributed by atoms with E-state index in [0.717, 1.165) is 22.0 Å². The molecule has 1 heterocycles. The smallest absolute Gasteiger partial charge is 0.339 e. The van der Waals surface area contributed by atoms with Gasteiger partial charge in [-0.2, -0.15) is 0 Å². The lowest BCUT2D eigenvalue weighted by molar-refractivity contribution is 0.0694. The summed E-state index contributed by atoms with van der Waals surface area (Å²) in [4.78, 5) is 19.6. The highest BCUT2D eigenvalue weighted by atomic mass is 16.4. The fraction of sp³-hybridized carbons (Fsp3) is 0.118. The molecule has 0 aliphatic rings. The summed E-state index contributed by atoms with van der Waals surface area (Å²) in [6, 6.07) is 8.27. The van der Waals surface area contributed by atoms with E-state index in [1.807, 2.05) is 26.0 Å². The van der Waals surface area contributed by atoms with Crippen LogP contribution in [0.4, 0.5) is 11.5 Å². The summed E-state index contributed by atoms with van der Waals surface area (Å²) in [6.45, 7) is 4.03. The molecule has 0 unspecified atom stereocenters. The largest absolute Gasteiger partial charge is 0.507 e. The maximum atomic E-state index is 11.1. The van der Waals surface area contributed by atoms with Gasteiger partial charge < -0.3 is 26.5 Å². The molecule has 8 nitrogen and oxygen atoms in total. The van der Waals surface area contributed by atoms with Gasteiger partial charge in [-0.05, 0) is 55.3 Å². The van der Waals surface area contributed by atoms with Gasteiger partial charge in [-0.25, -0.2) is 14.8 Å². The molecule has 0 atom stereocenters. The SMILES string of the molecule is Cc1cc2ncnc(Nc3ccc(O)c(C(=O)O)c3)c2cc1C.O.O. The highest BCUT2D eigenvalue weighted by Gasteiger charge is 2.12. The summed E-state index contributed by atoms with van der Waals surface area (Å²) in [5.74, 6) is -0.882. The first-order valence-corrected chi connectivity index (χ1v) is 7.01. The summed E-state index contributed by atoms with van der Waals surface area (Å²) in [5, 5.41) is 22.6. The van der Waals surface area contributed by atoms with E-state index >= 15 is 0 Å². The number of phenols is 1. The molecule has 0 aliphatic heterocycles. The molecule has 0 radical (unpaired) electrons. The predicted molar refractivity (Wildman–Crippen MR) is 94.6 cm³/mol. The first-order chi connectivity index (χ1) is 11.0. The zero-order chi connectivity index (χ0) is 16.6. The van der Waals surface area contributed by atoms with Gasteiger partial charge in [0.1, 0.15) is 23.5 Å². The van der Waals surface area contributed by atoms with Crippen molar-refractivity contribution in [2.24, 2.45) is 0 Å². The predicted octanol–water partition coefficient (Wildman–Crippen LogP) is 1.74. The van der Waals surface area contributed by atoms with E-state index in [0.29, 0.717) is 11.5 Å². The van der Waals surface area contributed by atoms with Crippen LogP contribution in [0.5, 0.6) is 5.75 Å². The van der Waals surface area contributed by atoms with Crippen LogP contribution < -0.4 is 5.32 Å². The number of fused-ring (bicyclic) bond motifs is 1. The van der Waals surface area contributed by atoms with Crippen LogP contribution in [0.15, 0.2) is 36.7 Å². The van der Waals surface area contributed by atoms with Gasteiger partial charge >= 0.3 is 5.97 Å². The second kappa shape index (κ2) is 7.56. The fourth-order valence-electron chi connectivity index (χ4n) is 2.34. The number of aromatic hydroxyl groups is 1. The number of nitrogens with one attached hydrogen (secondary N) is 1. The van der Waals surface area contributed by atoms with Crippen molar-refractivity contribution >= 4 is 28.4 Å². The van der Waals surface area contributed by atoms with Gasteiger partial charge in [0, 0.05) is 11.1 Å². The number of hydrogen-bond donors (Lipinski definition) is 3. The minimum Gasteiger partial charge on any atom is -0.507 e. The van der Waals surface area contributed by atoms with Gasteiger partial charge in [-0.1, -0.05) is 0 Å². The van der Waals surface area contributed by atoms with Crippen molar-refractivity contribution in [3.63, 3.8) is 0 Å². The molecule has 0 spiro atoms. The van der Waals surface area contributed by atoms with E-state index in [9.17, 15) is 9.90 Å². The molecular formula is C17H19N3O5. The molecule has 25 heavy (non-hydrogen) atoms. The molecule has 0 saturated carbocycles. The summed E-state index contributed by atoms with van der Waals surface area (Å²) >= 11 is 0. The van der Waals surface area contributed by atoms with Gasteiger partial charge in [0.25, 0.3) is 0 Å². The number of nitrogens with zero attached hydrogens (tertiary/aromatic N) is 2. The second-order valence-electron chi connectivity index (χ2n) is 5.34. The highest BCUT2D eigenvalue weighted by Crippen LogP contribution is 2.28. The van der Waals surface area contributed by atoms with Crippen molar-refractivity contribution in [1.82, 2.24) is 9.97 Å². The topological polar surface area (TPSA) is 158 Å². The number of hydrogen-bond acceptors (Lipinski definition) is 5. The van der Waals surface area contributed by atoms with E-state index in [1.165, 1.54) is 18.5 Å². The van der Waals surface area contributed by atoms with Crippen LogP contribution in [0.1, 0.15) is 21.5 Å². The molecule has 0 bridgehead atoms. The molecule has 132 valence electrons. The van der Waals surface area contributed by atoms with Crippen molar-refractivity contribution < 1.29 is 26.0 Å². The number of anilines is 2. The molecule has 2 aromatic carbocycles. The van der Waals surface area contributed by atoms with Gasteiger partial charge in [0.2, 0.25) is 0 Å². The number of carboxylic acids is 1. The molecule has 3 rings (SSSR count). The minimum atomic E-state index is -1.19. The molecule has 8 heteroatoms. The number of aryl methyl sites for hydroxylation is 2. The Morgan fingerprint density at radius 3 is 2.40 bits per heavy atom. The Hall–Kier alpha value is -3.23. The number of aromatic nitrogens is 2. The third-order valence-electron chi connectivity index (χ3n) is 3.74. The summed E-state index contributed by atoms with van der Waals surface area (Å²) in [6.07, 6.45) is 1.46. The Morgan fingerprint density at radius 1 is 1.04 bits per heavy atom. The zero-order valence-corrected chi connectivity index (χ0v) is 13.7. The molecule has 1 aromatic heterocycles. The minimum absolute atomic E-state index is 0. The van der Waals surface area contributed by atoms with Crippen LogP contribution in [0.25, 0.3) is 10.9 Å². The first kappa shape index (κ1) is 19.8. The lowest BCUT2D eigenvalue weighted by atomic mass is 10.1.